The van der Waals surface area contributed by atoms with Gasteiger partial charge in [0.25, 0.3) is 21.5 Å². The maximum Gasteiger partial charge on any atom is 0.336 e. The summed E-state index contributed by atoms with van der Waals surface area (Å²) < 4.78 is 39.1. The third-order valence-corrected chi connectivity index (χ3v) is 6.12. The molecule has 1 aromatic heterocycles. The first-order valence-electron chi connectivity index (χ1n) is 9.56. The van der Waals surface area contributed by atoms with Crippen LogP contribution in [-0.4, -0.2) is 22.8 Å². The van der Waals surface area contributed by atoms with Crippen LogP contribution in [0.4, 0.5) is 11.4 Å². The molecule has 0 spiro atoms. The molecule has 172 valence electrons. The molecule has 12 heteroatoms. The van der Waals surface area contributed by atoms with Crippen LogP contribution in [0.3, 0.4) is 0 Å². The Labute approximate surface area is 190 Å². The molecular weight excluding hydrogens is 468 g/mol. The molecule has 0 radical (unpaired) electrons. The van der Waals surface area contributed by atoms with Crippen molar-refractivity contribution in [3.05, 3.63) is 96.9 Å². The number of nitro groups is 2. The molecule has 0 atom stereocenters. The highest BCUT2D eigenvalue weighted by molar-refractivity contribution is 7.86. The molecule has 0 aliphatic heterocycles. The fraction of sp³-hybridized carbons (Fsp3) is 0.0455. The van der Waals surface area contributed by atoms with Crippen LogP contribution in [0.2, 0.25) is 0 Å². The first-order valence-corrected chi connectivity index (χ1v) is 11.0. The van der Waals surface area contributed by atoms with Gasteiger partial charge < -0.3 is 4.42 Å². The van der Waals surface area contributed by atoms with Crippen molar-refractivity contribution in [3.63, 3.8) is 0 Å². The standard InChI is InChI=1S/C22H14N2O9S/c1-12-9-21(25)33-19-10-13(5-7-15(12)19)22-17(3-2-4-18(22)24(28)29)16-8-6-14(23(26)27)11-20(16)34(30,31)32/h2-11H,1H3,(H,30,31,32). The van der Waals surface area contributed by atoms with Gasteiger partial charge in [0, 0.05) is 35.2 Å². The second kappa shape index (κ2) is 8.17. The predicted molar refractivity (Wildman–Crippen MR) is 121 cm³/mol. The summed E-state index contributed by atoms with van der Waals surface area (Å²) in [5, 5.41) is 23.6. The van der Waals surface area contributed by atoms with Crippen LogP contribution in [0.1, 0.15) is 5.56 Å². The summed E-state index contributed by atoms with van der Waals surface area (Å²) in [7, 11) is -4.95. The van der Waals surface area contributed by atoms with Crippen molar-refractivity contribution >= 4 is 32.5 Å². The van der Waals surface area contributed by atoms with Gasteiger partial charge in [0.15, 0.2) is 0 Å². The van der Waals surface area contributed by atoms with E-state index in [0.29, 0.717) is 17.0 Å². The molecule has 0 aliphatic carbocycles. The van der Waals surface area contributed by atoms with E-state index < -0.39 is 41.9 Å². The molecule has 0 fully saturated rings. The zero-order valence-corrected chi connectivity index (χ0v) is 18.1. The molecule has 0 saturated carbocycles. The lowest BCUT2D eigenvalue weighted by atomic mass is 9.92. The van der Waals surface area contributed by atoms with E-state index >= 15 is 0 Å². The molecule has 34 heavy (non-hydrogen) atoms. The molecule has 0 aliphatic rings. The Morgan fingerprint density at radius 1 is 0.912 bits per heavy atom. The number of fused-ring (bicyclic) bond motifs is 1. The number of hydrogen-bond donors (Lipinski definition) is 1. The van der Waals surface area contributed by atoms with E-state index in [9.17, 15) is 38.0 Å². The minimum atomic E-state index is -4.95. The van der Waals surface area contributed by atoms with E-state index in [1.54, 1.807) is 19.1 Å². The number of hydrogen-bond acceptors (Lipinski definition) is 8. The van der Waals surface area contributed by atoms with Gasteiger partial charge in [-0.3, -0.25) is 24.8 Å². The van der Waals surface area contributed by atoms with Crippen LogP contribution in [0, 0.1) is 27.2 Å². The fourth-order valence-corrected chi connectivity index (χ4v) is 4.49. The molecule has 4 aromatic rings. The number of rotatable bonds is 5. The minimum Gasteiger partial charge on any atom is -0.423 e. The number of nitro benzene ring substituents is 2. The topological polar surface area (TPSA) is 171 Å². The van der Waals surface area contributed by atoms with Crippen molar-refractivity contribution < 1.29 is 27.2 Å². The Morgan fingerprint density at radius 2 is 1.65 bits per heavy atom. The second-order valence-electron chi connectivity index (χ2n) is 7.33. The Bertz CT molecular complexity index is 1670. The average Bonchev–Trinajstić information content (AvgIpc) is 2.77. The third-order valence-electron chi connectivity index (χ3n) is 5.22. The van der Waals surface area contributed by atoms with Crippen molar-refractivity contribution in [2.75, 3.05) is 0 Å². The molecule has 4 rings (SSSR count). The van der Waals surface area contributed by atoms with Crippen molar-refractivity contribution in [2.45, 2.75) is 11.8 Å². The third kappa shape index (κ3) is 4.02. The van der Waals surface area contributed by atoms with Crippen molar-refractivity contribution in [1.82, 2.24) is 0 Å². The minimum absolute atomic E-state index is 0.0195. The maximum atomic E-state index is 12.1. The van der Waals surface area contributed by atoms with Crippen molar-refractivity contribution in [1.29, 1.82) is 0 Å². The lowest BCUT2D eigenvalue weighted by molar-refractivity contribution is -0.385. The summed E-state index contributed by atoms with van der Waals surface area (Å²) in [5.74, 6) is 0. The summed E-state index contributed by atoms with van der Waals surface area (Å²) >= 11 is 0. The smallest absolute Gasteiger partial charge is 0.336 e. The molecule has 3 aromatic carbocycles. The summed E-state index contributed by atoms with van der Waals surface area (Å²) in [6, 6.07) is 12.5. The van der Waals surface area contributed by atoms with Crippen LogP contribution in [-0.2, 0) is 10.1 Å². The van der Waals surface area contributed by atoms with Gasteiger partial charge in [-0.25, -0.2) is 4.79 Å². The van der Waals surface area contributed by atoms with Gasteiger partial charge in [0.2, 0.25) is 0 Å². The summed E-state index contributed by atoms with van der Waals surface area (Å²) in [4.78, 5) is 32.5. The van der Waals surface area contributed by atoms with Crippen LogP contribution in [0.25, 0.3) is 33.2 Å². The monoisotopic (exact) mass is 482 g/mol. The van der Waals surface area contributed by atoms with Crippen molar-refractivity contribution in [3.8, 4) is 22.3 Å². The zero-order valence-electron chi connectivity index (χ0n) is 17.3. The van der Waals surface area contributed by atoms with Crippen LogP contribution >= 0.6 is 0 Å². The lowest BCUT2D eigenvalue weighted by Crippen LogP contribution is -2.04. The first kappa shape index (κ1) is 22.8. The van der Waals surface area contributed by atoms with E-state index in [0.717, 1.165) is 12.1 Å². The number of aryl methyl sites for hydroxylation is 1. The van der Waals surface area contributed by atoms with E-state index in [1.165, 1.54) is 30.3 Å². The maximum absolute atomic E-state index is 12.1. The predicted octanol–water partition coefficient (Wildman–Crippen LogP) is 4.50. The van der Waals surface area contributed by atoms with E-state index in [2.05, 4.69) is 0 Å². The largest absolute Gasteiger partial charge is 0.423 e. The molecule has 1 heterocycles. The number of nitrogens with zero attached hydrogens (tertiary/aromatic N) is 2. The summed E-state index contributed by atoms with van der Waals surface area (Å²) in [5.41, 5.74) is -0.786. The lowest BCUT2D eigenvalue weighted by Gasteiger charge is -2.14. The highest BCUT2D eigenvalue weighted by Crippen LogP contribution is 2.42. The molecule has 0 unspecified atom stereocenters. The van der Waals surface area contributed by atoms with Gasteiger partial charge in [-0.05, 0) is 35.7 Å². The highest BCUT2D eigenvalue weighted by atomic mass is 32.2. The van der Waals surface area contributed by atoms with Crippen LogP contribution < -0.4 is 5.63 Å². The van der Waals surface area contributed by atoms with Gasteiger partial charge in [-0.1, -0.05) is 24.3 Å². The number of benzene rings is 3. The van der Waals surface area contributed by atoms with E-state index in [1.807, 2.05) is 0 Å². The Morgan fingerprint density at radius 3 is 2.29 bits per heavy atom. The molecule has 0 bridgehead atoms. The van der Waals surface area contributed by atoms with E-state index in [4.69, 9.17) is 4.42 Å². The van der Waals surface area contributed by atoms with Crippen LogP contribution in [0.15, 0.2) is 74.8 Å². The fourth-order valence-electron chi connectivity index (χ4n) is 3.76. The Balaban J connectivity index is 2.10. The quantitative estimate of drug-likeness (QED) is 0.186. The highest BCUT2D eigenvalue weighted by Gasteiger charge is 2.27. The second-order valence-corrected chi connectivity index (χ2v) is 8.72. The van der Waals surface area contributed by atoms with E-state index in [-0.39, 0.29) is 27.8 Å². The first-order chi connectivity index (χ1) is 16.0. The van der Waals surface area contributed by atoms with Gasteiger partial charge in [0.1, 0.15) is 10.5 Å². The Kier molecular flexibility index (Phi) is 5.47. The molecule has 0 saturated heterocycles. The van der Waals surface area contributed by atoms with Crippen LogP contribution in [0.5, 0.6) is 0 Å². The SMILES string of the molecule is Cc1cc(=O)oc2cc(-c3c(-c4ccc([N+](=O)[O-])cc4S(=O)(=O)O)cccc3[N+](=O)[O-])ccc12. The summed E-state index contributed by atoms with van der Waals surface area (Å²) in [6.07, 6.45) is 0. The molecule has 11 nitrogen and oxygen atoms in total. The Hall–Kier alpha value is -4.42. The van der Waals surface area contributed by atoms with Gasteiger partial charge in [0.05, 0.1) is 15.4 Å². The van der Waals surface area contributed by atoms with Gasteiger partial charge in [-0.15, -0.1) is 0 Å². The normalized spacial score (nSPS) is 11.5. The summed E-state index contributed by atoms with van der Waals surface area (Å²) in [6.45, 7) is 1.70. The average molecular weight is 482 g/mol. The van der Waals surface area contributed by atoms with Gasteiger partial charge >= 0.3 is 5.63 Å². The molecule has 1 N–H and O–H groups in total. The zero-order chi connectivity index (χ0) is 24.8. The van der Waals surface area contributed by atoms with Gasteiger partial charge in [-0.2, -0.15) is 8.42 Å². The van der Waals surface area contributed by atoms with Crippen molar-refractivity contribution in [2.24, 2.45) is 0 Å². The molecule has 0 amide bonds. The number of non-ortho nitro benzene ring substituents is 1. The molecular formula is C22H14N2O9S.